The Morgan fingerprint density at radius 2 is 2.00 bits per heavy atom. The summed E-state index contributed by atoms with van der Waals surface area (Å²) in [6.07, 6.45) is 1.06. The molecule has 25 heavy (non-hydrogen) atoms. The molecule has 1 aromatic rings. The summed E-state index contributed by atoms with van der Waals surface area (Å²) in [5.74, 6) is -0.709. The van der Waals surface area contributed by atoms with Crippen molar-refractivity contribution in [2.24, 2.45) is 0 Å². The molecule has 136 valence electrons. The fourth-order valence-corrected chi connectivity index (χ4v) is 2.86. The zero-order chi connectivity index (χ0) is 18.2. The predicted octanol–water partition coefficient (Wildman–Crippen LogP) is 1.86. The highest BCUT2D eigenvalue weighted by atomic mass is 16.5. The van der Waals surface area contributed by atoms with Gasteiger partial charge in [-0.1, -0.05) is 37.3 Å². The van der Waals surface area contributed by atoms with E-state index in [0.717, 1.165) is 12.0 Å². The van der Waals surface area contributed by atoms with E-state index >= 15 is 0 Å². The Balaban J connectivity index is 1.91. The minimum atomic E-state index is -0.728. The van der Waals surface area contributed by atoms with Crippen molar-refractivity contribution < 1.29 is 23.9 Å². The molecule has 0 radical (unpaired) electrons. The van der Waals surface area contributed by atoms with Gasteiger partial charge in [0.1, 0.15) is 18.7 Å². The maximum absolute atomic E-state index is 12.7. The third-order valence-electron chi connectivity index (χ3n) is 4.22. The molecular weight excluding hydrogens is 324 g/mol. The number of nitrogens with one attached hydrogen (secondary N) is 1. The fraction of sp³-hybridized carbons (Fsp3) is 0.500. The van der Waals surface area contributed by atoms with Crippen LogP contribution in [0.15, 0.2) is 30.3 Å². The molecule has 1 saturated heterocycles. The lowest BCUT2D eigenvalue weighted by Crippen LogP contribution is -2.51. The van der Waals surface area contributed by atoms with Crippen LogP contribution in [-0.4, -0.2) is 48.6 Å². The summed E-state index contributed by atoms with van der Waals surface area (Å²) in [7, 11) is 1.31. The van der Waals surface area contributed by atoms with Crippen molar-refractivity contribution in [2.75, 3.05) is 13.7 Å². The van der Waals surface area contributed by atoms with Crippen molar-refractivity contribution in [3.8, 4) is 0 Å². The number of methoxy groups -OCH3 is 1. The van der Waals surface area contributed by atoms with Gasteiger partial charge < -0.3 is 19.7 Å². The molecule has 1 heterocycles. The van der Waals surface area contributed by atoms with Gasteiger partial charge in [0.05, 0.1) is 7.11 Å². The monoisotopic (exact) mass is 348 g/mol. The van der Waals surface area contributed by atoms with E-state index < -0.39 is 24.1 Å². The third-order valence-corrected chi connectivity index (χ3v) is 4.22. The quantitative estimate of drug-likeness (QED) is 0.793. The van der Waals surface area contributed by atoms with Gasteiger partial charge in [0, 0.05) is 6.54 Å². The SMILES string of the molecule is CC[C@H](NC(=O)OCc1ccccc1)C(=O)N1CCC[C@H]1C(=O)OC. The van der Waals surface area contributed by atoms with Crippen molar-refractivity contribution in [3.63, 3.8) is 0 Å². The zero-order valence-electron chi connectivity index (χ0n) is 14.6. The lowest BCUT2D eigenvalue weighted by molar-refractivity contribution is -0.151. The standard InChI is InChI=1S/C18H24N2O5/c1-3-14(16(21)20-11-7-10-15(20)17(22)24-2)19-18(23)25-12-13-8-5-4-6-9-13/h4-6,8-9,14-15H,3,7,10-12H2,1-2H3,(H,19,23)/t14-,15-/m0/s1. The first-order valence-electron chi connectivity index (χ1n) is 8.42. The number of hydrogen-bond acceptors (Lipinski definition) is 5. The number of ether oxygens (including phenoxy) is 2. The topological polar surface area (TPSA) is 84.9 Å². The van der Waals surface area contributed by atoms with Crippen LogP contribution in [0.3, 0.4) is 0 Å². The largest absolute Gasteiger partial charge is 0.467 e. The molecule has 0 bridgehead atoms. The average Bonchev–Trinajstić information content (AvgIpc) is 3.13. The summed E-state index contributed by atoms with van der Waals surface area (Å²) in [4.78, 5) is 37.9. The highest BCUT2D eigenvalue weighted by molar-refractivity contribution is 5.90. The predicted molar refractivity (Wildman–Crippen MR) is 90.6 cm³/mol. The van der Waals surface area contributed by atoms with E-state index in [1.165, 1.54) is 12.0 Å². The van der Waals surface area contributed by atoms with Gasteiger partial charge in [0.15, 0.2) is 0 Å². The Morgan fingerprint density at radius 3 is 2.64 bits per heavy atom. The highest BCUT2D eigenvalue weighted by Crippen LogP contribution is 2.20. The van der Waals surface area contributed by atoms with E-state index in [-0.39, 0.29) is 12.5 Å². The van der Waals surface area contributed by atoms with E-state index in [0.29, 0.717) is 19.4 Å². The first-order valence-corrected chi connectivity index (χ1v) is 8.42. The summed E-state index contributed by atoms with van der Waals surface area (Å²) in [5.41, 5.74) is 0.863. The molecule has 2 atom stereocenters. The summed E-state index contributed by atoms with van der Waals surface area (Å²) >= 11 is 0. The number of amides is 2. The molecule has 0 aromatic heterocycles. The lowest BCUT2D eigenvalue weighted by atomic mass is 10.1. The summed E-state index contributed by atoms with van der Waals surface area (Å²) in [5, 5.41) is 2.59. The van der Waals surface area contributed by atoms with Gasteiger partial charge in [-0.25, -0.2) is 9.59 Å². The van der Waals surface area contributed by atoms with Crippen LogP contribution in [0.25, 0.3) is 0 Å². The number of nitrogens with zero attached hydrogens (tertiary/aromatic N) is 1. The van der Waals surface area contributed by atoms with Gasteiger partial charge in [-0.2, -0.15) is 0 Å². The molecule has 0 unspecified atom stereocenters. The number of hydrogen-bond donors (Lipinski definition) is 1. The van der Waals surface area contributed by atoms with Crippen molar-refractivity contribution in [3.05, 3.63) is 35.9 Å². The van der Waals surface area contributed by atoms with Gasteiger partial charge in [-0.15, -0.1) is 0 Å². The Kier molecular flexibility index (Phi) is 6.80. The Morgan fingerprint density at radius 1 is 1.28 bits per heavy atom. The first-order chi connectivity index (χ1) is 12.1. The molecule has 1 aromatic carbocycles. The second kappa shape index (κ2) is 9.05. The zero-order valence-corrected chi connectivity index (χ0v) is 14.6. The first kappa shape index (κ1) is 18.8. The van der Waals surface area contributed by atoms with Crippen molar-refractivity contribution >= 4 is 18.0 Å². The fourth-order valence-electron chi connectivity index (χ4n) is 2.86. The van der Waals surface area contributed by atoms with Gasteiger partial charge in [-0.3, -0.25) is 4.79 Å². The highest BCUT2D eigenvalue weighted by Gasteiger charge is 2.37. The second-order valence-corrected chi connectivity index (χ2v) is 5.88. The van der Waals surface area contributed by atoms with Crippen LogP contribution in [0.5, 0.6) is 0 Å². The van der Waals surface area contributed by atoms with Gasteiger partial charge >= 0.3 is 12.1 Å². The summed E-state index contributed by atoms with van der Waals surface area (Å²) < 4.78 is 9.91. The van der Waals surface area contributed by atoms with Crippen molar-refractivity contribution in [1.82, 2.24) is 10.2 Å². The molecule has 1 aliphatic heterocycles. The number of likely N-dealkylation sites (tertiary alicyclic amines) is 1. The van der Waals surface area contributed by atoms with E-state index in [4.69, 9.17) is 9.47 Å². The molecule has 2 rings (SSSR count). The second-order valence-electron chi connectivity index (χ2n) is 5.88. The number of carbonyl (C=O) groups excluding carboxylic acids is 3. The van der Waals surface area contributed by atoms with Crippen molar-refractivity contribution in [1.29, 1.82) is 0 Å². The van der Waals surface area contributed by atoms with Crippen LogP contribution in [0, 0.1) is 0 Å². The number of carbonyl (C=O) groups is 3. The van der Waals surface area contributed by atoms with E-state index in [1.54, 1.807) is 6.92 Å². The van der Waals surface area contributed by atoms with Gasteiger partial charge in [0.25, 0.3) is 0 Å². The number of esters is 1. The molecule has 7 heteroatoms. The van der Waals surface area contributed by atoms with Gasteiger partial charge in [-0.05, 0) is 24.8 Å². The smallest absolute Gasteiger partial charge is 0.408 e. The van der Waals surface area contributed by atoms with Crippen LogP contribution < -0.4 is 5.32 Å². The summed E-state index contributed by atoms with van der Waals surface area (Å²) in [6, 6.07) is 7.98. The van der Waals surface area contributed by atoms with E-state index in [2.05, 4.69) is 5.32 Å². The Hall–Kier alpha value is -2.57. The number of rotatable bonds is 6. The van der Waals surface area contributed by atoms with Crippen LogP contribution >= 0.6 is 0 Å². The Labute approximate surface area is 147 Å². The van der Waals surface area contributed by atoms with Crippen LogP contribution in [-0.2, 0) is 25.7 Å². The minimum absolute atomic E-state index is 0.131. The molecule has 1 aliphatic rings. The van der Waals surface area contributed by atoms with E-state index in [9.17, 15) is 14.4 Å². The summed E-state index contributed by atoms with van der Waals surface area (Å²) in [6.45, 7) is 2.41. The average molecular weight is 348 g/mol. The maximum Gasteiger partial charge on any atom is 0.408 e. The normalized spacial score (nSPS) is 17.7. The molecule has 0 spiro atoms. The molecule has 0 aliphatic carbocycles. The number of benzene rings is 1. The molecule has 1 N–H and O–H groups in total. The van der Waals surface area contributed by atoms with E-state index in [1.807, 2.05) is 30.3 Å². The molecule has 2 amide bonds. The number of alkyl carbamates (subject to hydrolysis) is 1. The van der Waals surface area contributed by atoms with Crippen molar-refractivity contribution in [2.45, 2.75) is 44.9 Å². The maximum atomic E-state index is 12.7. The molecule has 1 fully saturated rings. The van der Waals surface area contributed by atoms with Crippen LogP contribution in [0.2, 0.25) is 0 Å². The Bertz CT molecular complexity index is 605. The van der Waals surface area contributed by atoms with Crippen LogP contribution in [0.1, 0.15) is 31.7 Å². The van der Waals surface area contributed by atoms with Crippen LogP contribution in [0.4, 0.5) is 4.79 Å². The third kappa shape index (κ3) is 4.95. The molecular formula is C18H24N2O5. The minimum Gasteiger partial charge on any atom is -0.467 e. The van der Waals surface area contributed by atoms with Gasteiger partial charge in [0.2, 0.25) is 5.91 Å². The molecule has 0 saturated carbocycles. The molecule has 7 nitrogen and oxygen atoms in total. The lowest BCUT2D eigenvalue weighted by Gasteiger charge is -2.27.